The Balaban J connectivity index is 1.80. The van der Waals surface area contributed by atoms with Gasteiger partial charge in [-0.05, 0) is 12.1 Å². The van der Waals surface area contributed by atoms with Crippen LogP contribution in [0.1, 0.15) is 11.1 Å². The van der Waals surface area contributed by atoms with Crippen LogP contribution >= 0.6 is 0 Å². The van der Waals surface area contributed by atoms with E-state index in [1.54, 1.807) is 48.5 Å². The van der Waals surface area contributed by atoms with Gasteiger partial charge >= 0.3 is 0 Å². The Morgan fingerprint density at radius 2 is 1.04 bits per heavy atom. The van der Waals surface area contributed by atoms with Gasteiger partial charge in [-0.1, -0.05) is 36.4 Å². The number of rotatable bonds is 6. The third-order valence-electron chi connectivity index (χ3n) is 4.00. The molecule has 2 aromatic rings. The van der Waals surface area contributed by atoms with Crippen LogP contribution in [0.25, 0.3) is 0 Å². The highest BCUT2D eigenvalue weighted by Gasteiger charge is 2.21. The molecular formula is C20H18N2O4. The summed E-state index contributed by atoms with van der Waals surface area (Å²) >= 11 is 0. The van der Waals surface area contributed by atoms with Crippen molar-refractivity contribution in [2.45, 2.75) is 13.2 Å². The zero-order valence-electron chi connectivity index (χ0n) is 13.9. The number of anilines is 2. The fraction of sp³-hybridized carbons (Fsp3) is 0.100. The van der Waals surface area contributed by atoms with Crippen LogP contribution in [-0.4, -0.2) is 21.8 Å². The maximum absolute atomic E-state index is 12.4. The van der Waals surface area contributed by atoms with E-state index in [4.69, 9.17) is 0 Å². The van der Waals surface area contributed by atoms with Crippen LogP contribution < -0.4 is 10.6 Å². The lowest BCUT2D eigenvalue weighted by molar-refractivity contribution is -0.115. The molecule has 6 nitrogen and oxygen atoms in total. The third-order valence-corrected chi connectivity index (χ3v) is 4.00. The summed E-state index contributed by atoms with van der Waals surface area (Å²) in [6.45, 7) is -0.363. The fourth-order valence-electron chi connectivity index (χ4n) is 2.61. The lowest BCUT2D eigenvalue weighted by atomic mass is 10.0. The van der Waals surface area contributed by atoms with Gasteiger partial charge in [0.2, 0.25) is 11.6 Å². The summed E-state index contributed by atoms with van der Waals surface area (Å²) in [5.41, 5.74) is 2.65. The van der Waals surface area contributed by atoms with E-state index in [-0.39, 0.29) is 36.2 Å². The largest absolute Gasteiger partial charge is 0.392 e. The van der Waals surface area contributed by atoms with Crippen LogP contribution in [0.5, 0.6) is 0 Å². The first kappa shape index (κ1) is 17.6. The molecule has 1 aliphatic rings. The lowest BCUT2D eigenvalue weighted by Gasteiger charge is -2.17. The molecule has 132 valence electrons. The highest BCUT2D eigenvalue weighted by Crippen LogP contribution is 2.22. The molecule has 1 aliphatic carbocycles. The van der Waals surface area contributed by atoms with Crippen molar-refractivity contribution >= 4 is 22.9 Å². The van der Waals surface area contributed by atoms with Gasteiger partial charge < -0.3 is 20.8 Å². The summed E-state index contributed by atoms with van der Waals surface area (Å²) in [5.74, 6) is -0.720. The summed E-state index contributed by atoms with van der Waals surface area (Å²) in [6.07, 6.45) is 2.45. The average Bonchev–Trinajstić information content (AvgIpc) is 2.66. The monoisotopic (exact) mass is 350 g/mol. The van der Waals surface area contributed by atoms with E-state index in [1.165, 1.54) is 12.2 Å². The van der Waals surface area contributed by atoms with Crippen LogP contribution in [0.15, 0.2) is 72.1 Å². The second-order valence-corrected chi connectivity index (χ2v) is 5.73. The number of nitrogens with one attached hydrogen (secondary N) is 2. The fourth-order valence-corrected chi connectivity index (χ4v) is 2.61. The third kappa shape index (κ3) is 3.72. The number of allylic oxidation sites excluding steroid dienone is 2. The number of hydrogen-bond donors (Lipinski definition) is 4. The van der Waals surface area contributed by atoms with Crippen molar-refractivity contribution in [1.29, 1.82) is 0 Å². The molecule has 0 unspecified atom stereocenters. The number of benzene rings is 2. The molecule has 0 aromatic heterocycles. The van der Waals surface area contributed by atoms with Crippen molar-refractivity contribution in [2.24, 2.45) is 0 Å². The van der Waals surface area contributed by atoms with E-state index in [1.807, 2.05) is 0 Å². The number of carbonyl (C=O) groups is 2. The van der Waals surface area contributed by atoms with Gasteiger partial charge in [0.1, 0.15) is 0 Å². The van der Waals surface area contributed by atoms with Gasteiger partial charge in [-0.25, -0.2) is 0 Å². The van der Waals surface area contributed by atoms with Gasteiger partial charge in [-0.15, -0.1) is 0 Å². The molecule has 0 atom stereocenters. The number of carbonyl (C=O) groups excluding carboxylic acids is 2. The highest BCUT2D eigenvalue weighted by molar-refractivity contribution is 6.22. The quantitative estimate of drug-likeness (QED) is 0.596. The molecular weight excluding hydrogens is 332 g/mol. The van der Waals surface area contributed by atoms with Crippen LogP contribution in [0.4, 0.5) is 11.4 Å². The molecule has 0 fully saturated rings. The number of hydrogen-bond acceptors (Lipinski definition) is 6. The van der Waals surface area contributed by atoms with Crippen LogP contribution in [-0.2, 0) is 22.8 Å². The summed E-state index contributed by atoms with van der Waals surface area (Å²) in [7, 11) is 0. The predicted molar refractivity (Wildman–Crippen MR) is 98.2 cm³/mol. The summed E-state index contributed by atoms with van der Waals surface area (Å²) in [5, 5.41) is 24.5. The maximum atomic E-state index is 12.4. The Hall–Kier alpha value is -3.22. The molecule has 0 saturated carbocycles. The summed E-state index contributed by atoms with van der Waals surface area (Å²) < 4.78 is 0. The van der Waals surface area contributed by atoms with Gasteiger partial charge in [0.05, 0.1) is 24.6 Å². The van der Waals surface area contributed by atoms with Gasteiger partial charge in [-0.2, -0.15) is 0 Å². The highest BCUT2D eigenvalue weighted by atomic mass is 16.3. The van der Waals surface area contributed by atoms with Gasteiger partial charge in [-0.3, -0.25) is 9.59 Å². The zero-order chi connectivity index (χ0) is 18.5. The molecule has 0 saturated heterocycles. The molecule has 0 heterocycles. The second-order valence-electron chi connectivity index (χ2n) is 5.73. The minimum atomic E-state index is -0.360. The first-order valence-corrected chi connectivity index (χ1v) is 8.06. The molecule has 26 heavy (non-hydrogen) atoms. The minimum Gasteiger partial charge on any atom is -0.392 e. The number of aliphatic hydroxyl groups excluding tert-OH is 2. The van der Waals surface area contributed by atoms with Crippen LogP contribution in [0.2, 0.25) is 0 Å². The molecule has 4 N–H and O–H groups in total. The summed E-state index contributed by atoms with van der Waals surface area (Å²) in [4.78, 5) is 24.8. The Kier molecular flexibility index (Phi) is 5.26. The van der Waals surface area contributed by atoms with E-state index in [9.17, 15) is 19.8 Å². The van der Waals surface area contributed by atoms with Gasteiger partial charge in [0.15, 0.2) is 0 Å². The van der Waals surface area contributed by atoms with Crippen molar-refractivity contribution < 1.29 is 19.8 Å². The Bertz CT molecular complexity index is 840. The average molecular weight is 350 g/mol. The van der Waals surface area contributed by atoms with Crippen molar-refractivity contribution in [1.82, 2.24) is 0 Å². The summed E-state index contributed by atoms with van der Waals surface area (Å²) in [6, 6.07) is 14.0. The molecule has 0 spiro atoms. The van der Waals surface area contributed by atoms with Crippen LogP contribution in [0.3, 0.4) is 0 Å². The van der Waals surface area contributed by atoms with E-state index in [0.717, 1.165) is 0 Å². The first-order valence-electron chi connectivity index (χ1n) is 8.06. The Morgan fingerprint density at radius 3 is 1.42 bits per heavy atom. The van der Waals surface area contributed by atoms with Crippen molar-refractivity contribution in [2.75, 3.05) is 10.6 Å². The lowest BCUT2D eigenvalue weighted by Crippen LogP contribution is -2.22. The van der Waals surface area contributed by atoms with E-state index in [0.29, 0.717) is 22.5 Å². The number of aliphatic hydroxyl groups is 2. The van der Waals surface area contributed by atoms with E-state index in [2.05, 4.69) is 10.6 Å². The van der Waals surface area contributed by atoms with Crippen molar-refractivity contribution in [3.63, 3.8) is 0 Å². The number of ketones is 2. The topological polar surface area (TPSA) is 98.7 Å². The van der Waals surface area contributed by atoms with Gasteiger partial charge in [0, 0.05) is 34.7 Å². The van der Waals surface area contributed by atoms with E-state index < -0.39 is 0 Å². The molecule has 0 bridgehead atoms. The van der Waals surface area contributed by atoms with Gasteiger partial charge in [0.25, 0.3) is 0 Å². The Labute approximate surface area is 150 Å². The van der Waals surface area contributed by atoms with Crippen molar-refractivity contribution in [3.05, 3.63) is 83.2 Å². The Morgan fingerprint density at radius 1 is 0.654 bits per heavy atom. The predicted octanol–water partition coefficient (Wildman–Crippen LogP) is 2.11. The zero-order valence-corrected chi connectivity index (χ0v) is 13.9. The second kappa shape index (κ2) is 7.77. The minimum absolute atomic E-state index is 0.136. The molecule has 0 aliphatic heterocycles. The standard InChI is InChI=1S/C20H18N2O4/c23-11-13-5-1-3-7-15(13)21-17-9-20(26)18(10-19(17)25)22-16-8-4-2-6-14(16)12-24/h1-10,21-24H,11-12H2. The molecule has 6 heteroatoms. The molecule has 3 rings (SSSR count). The van der Waals surface area contributed by atoms with Crippen molar-refractivity contribution in [3.8, 4) is 0 Å². The number of para-hydroxylation sites is 2. The maximum Gasteiger partial charge on any atom is 0.204 e. The normalized spacial score (nSPS) is 13.9. The van der Waals surface area contributed by atoms with Crippen LogP contribution in [0, 0.1) is 0 Å². The first-order chi connectivity index (χ1) is 12.6. The molecule has 0 radical (unpaired) electrons. The SMILES string of the molecule is O=C1C=C(Nc2ccccc2CO)C(=O)C=C1Nc1ccccc1CO. The molecule has 2 aromatic carbocycles. The van der Waals surface area contributed by atoms with E-state index >= 15 is 0 Å². The molecule has 0 amide bonds. The smallest absolute Gasteiger partial charge is 0.204 e.